The molecule has 1 aromatic rings. The van der Waals surface area contributed by atoms with Crippen molar-refractivity contribution in [2.75, 3.05) is 32.1 Å². The molecule has 1 aromatic heterocycles. The van der Waals surface area contributed by atoms with Gasteiger partial charge in [-0.2, -0.15) is 0 Å². The van der Waals surface area contributed by atoms with E-state index in [2.05, 4.69) is 24.1 Å². The van der Waals surface area contributed by atoms with Crippen LogP contribution in [0.3, 0.4) is 0 Å². The second-order valence-corrected chi connectivity index (χ2v) is 8.33. The molecule has 0 saturated carbocycles. The number of hydrogen-bond donors (Lipinski definition) is 1. The Bertz CT molecular complexity index is 663. The molecule has 2 aliphatic rings. The standard InChI is InChI=1S/C19H28N2O4S/c1-12-10-21(11-13(2)25-12)9-8-16(22)20-18-17(19(23)24-3)14-6-4-5-7-15(14)26-18/h12-13H,4-11H2,1-3H3,(H,20,22)/t12-,13-/m1/s1. The molecule has 0 radical (unpaired) electrons. The first kappa shape index (κ1) is 19.3. The molecule has 0 spiro atoms. The molecule has 7 heteroatoms. The Morgan fingerprint density at radius 3 is 2.62 bits per heavy atom. The highest BCUT2D eigenvalue weighted by Gasteiger charge is 2.27. The van der Waals surface area contributed by atoms with Gasteiger partial charge in [-0.1, -0.05) is 0 Å². The first-order valence-electron chi connectivity index (χ1n) is 9.38. The zero-order valence-electron chi connectivity index (χ0n) is 15.8. The number of thiophene rings is 1. The number of morpholine rings is 1. The van der Waals surface area contributed by atoms with Crippen molar-refractivity contribution in [1.82, 2.24) is 4.90 Å². The van der Waals surface area contributed by atoms with E-state index in [4.69, 9.17) is 9.47 Å². The van der Waals surface area contributed by atoms with Gasteiger partial charge in [0.25, 0.3) is 0 Å². The fourth-order valence-corrected chi connectivity index (χ4v) is 5.18. The second-order valence-electron chi connectivity index (χ2n) is 7.22. The molecule has 1 aliphatic carbocycles. The quantitative estimate of drug-likeness (QED) is 0.796. The summed E-state index contributed by atoms with van der Waals surface area (Å²) in [5, 5.41) is 3.62. The van der Waals surface area contributed by atoms with Crippen LogP contribution in [-0.2, 0) is 27.1 Å². The molecule has 0 unspecified atom stereocenters. The van der Waals surface area contributed by atoms with E-state index in [9.17, 15) is 9.59 Å². The first-order valence-corrected chi connectivity index (χ1v) is 10.2. The summed E-state index contributed by atoms with van der Waals surface area (Å²) >= 11 is 1.53. The normalized spacial score (nSPS) is 23.3. The Morgan fingerprint density at radius 2 is 1.92 bits per heavy atom. The van der Waals surface area contributed by atoms with E-state index >= 15 is 0 Å². The van der Waals surface area contributed by atoms with Crippen molar-refractivity contribution < 1.29 is 19.1 Å². The molecule has 144 valence electrons. The molecule has 26 heavy (non-hydrogen) atoms. The van der Waals surface area contributed by atoms with Gasteiger partial charge >= 0.3 is 5.97 Å². The van der Waals surface area contributed by atoms with Crippen LogP contribution in [0, 0.1) is 0 Å². The number of ether oxygens (including phenoxy) is 2. The van der Waals surface area contributed by atoms with Crippen LogP contribution in [0.1, 0.15) is 53.9 Å². The molecule has 1 amide bonds. The lowest BCUT2D eigenvalue weighted by Crippen LogP contribution is -2.46. The third-order valence-corrected chi connectivity index (χ3v) is 6.17. The predicted molar refractivity (Wildman–Crippen MR) is 102 cm³/mol. The van der Waals surface area contributed by atoms with Gasteiger partial charge in [-0.25, -0.2) is 4.79 Å². The highest BCUT2D eigenvalue weighted by Crippen LogP contribution is 2.38. The number of nitrogens with one attached hydrogen (secondary N) is 1. The number of methoxy groups -OCH3 is 1. The van der Waals surface area contributed by atoms with Crippen LogP contribution in [-0.4, -0.2) is 55.7 Å². The fraction of sp³-hybridized carbons (Fsp3) is 0.684. The summed E-state index contributed by atoms with van der Waals surface area (Å²) in [5.41, 5.74) is 1.63. The molecule has 3 rings (SSSR count). The zero-order valence-corrected chi connectivity index (χ0v) is 16.6. The molecule has 1 N–H and O–H groups in total. The highest BCUT2D eigenvalue weighted by atomic mass is 32.1. The van der Waals surface area contributed by atoms with Gasteiger partial charge in [-0.3, -0.25) is 9.69 Å². The van der Waals surface area contributed by atoms with Gasteiger partial charge in [0.15, 0.2) is 0 Å². The molecule has 2 atom stereocenters. The van der Waals surface area contributed by atoms with E-state index in [1.165, 1.54) is 23.3 Å². The number of fused-ring (bicyclic) bond motifs is 1. The lowest BCUT2D eigenvalue weighted by atomic mass is 9.95. The van der Waals surface area contributed by atoms with Crippen molar-refractivity contribution in [3.05, 3.63) is 16.0 Å². The Morgan fingerprint density at radius 1 is 1.23 bits per heavy atom. The van der Waals surface area contributed by atoms with Crippen molar-refractivity contribution in [1.29, 1.82) is 0 Å². The number of esters is 1. The molecule has 1 fully saturated rings. The number of amides is 1. The van der Waals surface area contributed by atoms with Crippen LogP contribution in [0.2, 0.25) is 0 Å². The van der Waals surface area contributed by atoms with E-state index in [0.717, 1.165) is 44.3 Å². The van der Waals surface area contributed by atoms with Crippen LogP contribution in [0.15, 0.2) is 0 Å². The Balaban J connectivity index is 1.64. The SMILES string of the molecule is COC(=O)c1c(NC(=O)CCN2C[C@@H](C)O[C@H](C)C2)sc2c1CCCC2. The van der Waals surface area contributed by atoms with E-state index in [-0.39, 0.29) is 24.1 Å². The lowest BCUT2D eigenvalue weighted by molar-refractivity contribution is -0.117. The molecule has 0 aromatic carbocycles. The van der Waals surface area contributed by atoms with Crippen molar-refractivity contribution in [2.45, 2.75) is 58.2 Å². The van der Waals surface area contributed by atoms with Crippen molar-refractivity contribution in [3.8, 4) is 0 Å². The van der Waals surface area contributed by atoms with Gasteiger partial charge in [-0.15, -0.1) is 11.3 Å². The third-order valence-electron chi connectivity index (χ3n) is 4.96. The van der Waals surface area contributed by atoms with Gasteiger partial charge in [0.1, 0.15) is 5.00 Å². The number of carbonyl (C=O) groups excluding carboxylic acids is 2. The maximum atomic E-state index is 12.5. The average molecular weight is 381 g/mol. The van der Waals surface area contributed by atoms with E-state index in [1.54, 1.807) is 0 Å². The number of anilines is 1. The van der Waals surface area contributed by atoms with Gasteiger partial charge in [-0.05, 0) is 45.1 Å². The van der Waals surface area contributed by atoms with Crippen molar-refractivity contribution in [3.63, 3.8) is 0 Å². The number of nitrogens with zero attached hydrogens (tertiary/aromatic N) is 1. The largest absolute Gasteiger partial charge is 0.465 e. The molecular weight excluding hydrogens is 352 g/mol. The number of carbonyl (C=O) groups is 2. The molecule has 1 aliphatic heterocycles. The first-order chi connectivity index (χ1) is 12.5. The number of aryl methyl sites for hydroxylation is 1. The van der Waals surface area contributed by atoms with E-state index in [1.807, 2.05) is 0 Å². The van der Waals surface area contributed by atoms with Gasteiger partial charge in [0, 0.05) is 30.9 Å². The lowest BCUT2D eigenvalue weighted by Gasteiger charge is -2.35. The summed E-state index contributed by atoms with van der Waals surface area (Å²) < 4.78 is 10.7. The van der Waals surface area contributed by atoms with Crippen LogP contribution < -0.4 is 5.32 Å². The topological polar surface area (TPSA) is 67.9 Å². The van der Waals surface area contributed by atoms with Crippen LogP contribution >= 0.6 is 11.3 Å². The molecular formula is C19H28N2O4S. The Kier molecular flexibility index (Phi) is 6.32. The molecule has 1 saturated heterocycles. The molecule has 0 bridgehead atoms. The van der Waals surface area contributed by atoms with Gasteiger partial charge in [0.2, 0.25) is 5.91 Å². The predicted octanol–water partition coefficient (Wildman–Crippen LogP) is 2.85. The maximum Gasteiger partial charge on any atom is 0.341 e. The summed E-state index contributed by atoms with van der Waals surface area (Å²) in [4.78, 5) is 28.2. The minimum Gasteiger partial charge on any atom is -0.465 e. The van der Waals surface area contributed by atoms with Crippen molar-refractivity contribution >= 4 is 28.2 Å². The minimum atomic E-state index is -0.351. The minimum absolute atomic E-state index is 0.0550. The smallest absolute Gasteiger partial charge is 0.341 e. The maximum absolute atomic E-state index is 12.5. The number of rotatable bonds is 5. The Hall–Kier alpha value is -1.44. The van der Waals surface area contributed by atoms with Gasteiger partial charge < -0.3 is 14.8 Å². The van der Waals surface area contributed by atoms with E-state index < -0.39 is 0 Å². The average Bonchev–Trinajstić information content (AvgIpc) is 2.96. The third kappa shape index (κ3) is 4.45. The highest BCUT2D eigenvalue weighted by molar-refractivity contribution is 7.17. The van der Waals surface area contributed by atoms with Gasteiger partial charge in [0.05, 0.1) is 24.9 Å². The summed E-state index contributed by atoms with van der Waals surface area (Å²) in [7, 11) is 1.39. The van der Waals surface area contributed by atoms with Crippen LogP contribution in [0.4, 0.5) is 5.00 Å². The second kappa shape index (κ2) is 8.50. The Labute approximate surface area is 158 Å². The van der Waals surface area contributed by atoms with Crippen molar-refractivity contribution in [2.24, 2.45) is 0 Å². The summed E-state index contributed by atoms with van der Waals surface area (Å²) in [6.45, 7) is 6.50. The van der Waals surface area contributed by atoms with E-state index in [0.29, 0.717) is 23.5 Å². The number of hydrogen-bond acceptors (Lipinski definition) is 6. The zero-order chi connectivity index (χ0) is 18.7. The summed E-state index contributed by atoms with van der Waals surface area (Å²) in [5.74, 6) is -0.406. The molecule has 6 nitrogen and oxygen atoms in total. The summed E-state index contributed by atoms with van der Waals surface area (Å²) in [6.07, 6.45) is 4.86. The summed E-state index contributed by atoms with van der Waals surface area (Å²) in [6, 6.07) is 0. The van der Waals surface area contributed by atoms with Crippen LogP contribution in [0.25, 0.3) is 0 Å². The monoisotopic (exact) mass is 380 g/mol. The van der Waals surface area contributed by atoms with Crippen LogP contribution in [0.5, 0.6) is 0 Å². The molecule has 2 heterocycles. The fourth-order valence-electron chi connectivity index (χ4n) is 3.89.